The highest BCUT2D eigenvalue weighted by Crippen LogP contribution is 2.23. The van der Waals surface area contributed by atoms with E-state index in [2.05, 4.69) is 0 Å². The van der Waals surface area contributed by atoms with Gasteiger partial charge in [0.1, 0.15) is 11.8 Å². The van der Waals surface area contributed by atoms with Gasteiger partial charge in [-0.15, -0.1) is 11.6 Å². The van der Waals surface area contributed by atoms with E-state index in [9.17, 15) is 4.79 Å². The second kappa shape index (κ2) is 5.46. The number of ether oxygens (including phenoxy) is 1. The summed E-state index contributed by atoms with van der Waals surface area (Å²) in [6.45, 7) is 3.05. The lowest BCUT2D eigenvalue weighted by atomic mass is 10.1. The van der Waals surface area contributed by atoms with E-state index in [1.165, 1.54) is 6.26 Å². The minimum Gasteiger partial charge on any atom is -0.463 e. The summed E-state index contributed by atoms with van der Waals surface area (Å²) in [5.41, 5.74) is 1.33. The highest BCUT2D eigenvalue weighted by Gasteiger charge is 2.29. The van der Waals surface area contributed by atoms with Gasteiger partial charge in [0, 0.05) is 18.5 Å². The maximum Gasteiger partial charge on any atom is 0.257 e. The van der Waals surface area contributed by atoms with E-state index in [1.807, 2.05) is 31.2 Å². The van der Waals surface area contributed by atoms with Crippen LogP contribution in [-0.2, 0) is 4.74 Å². The zero-order valence-corrected chi connectivity index (χ0v) is 12.0. The van der Waals surface area contributed by atoms with Crippen LogP contribution < -0.4 is 0 Å². The average Bonchev–Trinajstić information content (AvgIpc) is 2.89. The Labute approximate surface area is 122 Å². The Balaban J connectivity index is 1.88. The first-order valence-electron chi connectivity index (χ1n) is 6.66. The predicted octanol–water partition coefficient (Wildman–Crippen LogP) is 2.90. The van der Waals surface area contributed by atoms with E-state index in [4.69, 9.17) is 20.8 Å². The third-order valence-corrected chi connectivity index (χ3v) is 3.84. The van der Waals surface area contributed by atoms with Crippen LogP contribution in [0.4, 0.5) is 0 Å². The number of fused-ring (bicyclic) bond motifs is 1. The zero-order valence-electron chi connectivity index (χ0n) is 11.2. The maximum absolute atomic E-state index is 12.6. The largest absolute Gasteiger partial charge is 0.463 e. The molecule has 1 aliphatic rings. The summed E-state index contributed by atoms with van der Waals surface area (Å²) in [7, 11) is 0. The molecule has 1 amide bonds. The Kier molecular flexibility index (Phi) is 3.68. The summed E-state index contributed by atoms with van der Waals surface area (Å²) in [5, 5.41) is 0.846. The molecular formula is C15H16ClNO3. The highest BCUT2D eigenvalue weighted by atomic mass is 35.5. The number of carbonyl (C=O) groups is 1. The highest BCUT2D eigenvalue weighted by molar-refractivity contribution is 6.18. The van der Waals surface area contributed by atoms with Gasteiger partial charge in [-0.2, -0.15) is 0 Å². The van der Waals surface area contributed by atoms with Crippen molar-refractivity contribution >= 4 is 28.5 Å². The van der Waals surface area contributed by atoms with Crippen molar-refractivity contribution in [3.63, 3.8) is 0 Å². The van der Waals surface area contributed by atoms with Gasteiger partial charge in [0.25, 0.3) is 5.91 Å². The third-order valence-electron chi connectivity index (χ3n) is 3.50. The summed E-state index contributed by atoms with van der Waals surface area (Å²) in [4.78, 5) is 14.4. The predicted molar refractivity (Wildman–Crippen MR) is 77.2 cm³/mol. The Morgan fingerprint density at radius 2 is 2.20 bits per heavy atom. The van der Waals surface area contributed by atoms with Crippen molar-refractivity contribution in [2.24, 2.45) is 0 Å². The number of rotatable bonds is 2. The van der Waals surface area contributed by atoms with Crippen molar-refractivity contribution in [2.45, 2.75) is 19.1 Å². The zero-order chi connectivity index (χ0) is 14.1. The number of hydrogen-bond donors (Lipinski definition) is 0. The minimum absolute atomic E-state index is 0.00499. The number of hydrogen-bond acceptors (Lipinski definition) is 3. The maximum atomic E-state index is 12.6. The summed E-state index contributed by atoms with van der Waals surface area (Å²) in [5.74, 6) is 0.362. The van der Waals surface area contributed by atoms with E-state index >= 15 is 0 Å². The molecule has 4 nitrogen and oxygen atoms in total. The van der Waals surface area contributed by atoms with Gasteiger partial charge >= 0.3 is 0 Å². The van der Waals surface area contributed by atoms with Crippen LogP contribution in [0.2, 0.25) is 0 Å². The Hall–Kier alpha value is -1.52. The van der Waals surface area contributed by atoms with Crippen LogP contribution >= 0.6 is 11.6 Å². The third kappa shape index (κ3) is 2.41. The summed E-state index contributed by atoms with van der Waals surface area (Å²) in [6.07, 6.45) is 1.42. The Morgan fingerprint density at radius 1 is 1.40 bits per heavy atom. The molecule has 0 bridgehead atoms. The molecule has 0 N–H and O–H groups in total. The van der Waals surface area contributed by atoms with Crippen LogP contribution in [0.15, 0.2) is 34.9 Å². The lowest BCUT2D eigenvalue weighted by Crippen LogP contribution is -2.49. The number of para-hydroxylation sites is 1. The summed E-state index contributed by atoms with van der Waals surface area (Å²) >= 11 is 5.85. The van der Waals surface area contributed by atoms with Gasteiger partial charge in [0.05, 0.1) is 23.7 Å². The first-order valence-corrected chi connectivity index (χ1v) is 7.19. The van der Waals surface area contributed by atoms with Crippen molar-refractivity contribution in [1.82, 2.24) is 4.90 Å². The lowest BCUT2D eigenvalue weighted by Gasteiger charge is -2.35. The molecule has 0 saturated carbocycles. The first kappa shape index (κ1) is 13.5. The van der Waals surface area contributed by atoms with E-state index in [0.29, 0.717) is 24.5 Å². The average molecular weight is 294 g/mol. The molecule has 5 heteroatoms. The number of alkyl halides is 1. The molecule has 2 heterocycles. The van der Waals surface area contributed by atoms with Crippen LogP contribution in [0.1, 0.15) is 17.3 Å². The fourth-order valence-electron chi connectivity index (χ4n) is 2.61. The van der Waals surface area contributed by atoms with Gasteiger partial charge in [-0.1, -0.05) is 18.2 Å². The molecule has 2 aromatic rings. The lowest BCUT2D eigenvalue weighted by molar-refractivity contribution is -0.0570. The molecule has 1 fully saturated rings. The summed E-state index contributed by atoms with van der Waals surface area (Å²) < 4.78 is 11.1. The second-order valence-electron chi connectivity index (χ2n) is 5.08. The van der Waals surface area contributed by atoms with Crippen LogP contribution in [0.3, 0.4) is 0 Å². The van der Waals surface area contributed by atoms with Crippen molar-refractivity contribution < 1.29 is 13.9 Å². The van der Waals surface area contributed by atoms with Crippen LogP contribution in [0.5, 0.6) is 0 Å². The molecule has 2 unspecified atom stereocenters. The number of morpholine rings is 1. The molecule has 3 rings (SSSR count). The SMILES string of the molecule is CC1CN(C(=O)c2coc3ccccc23)CC(CCl)O1. The topological polar surface area (TPSA) is 42.7 Å². The standard InChI is InChI=1S/C15H16ClNO3/c1-10-7-17(8-11(6-16)20-10)15(18)13-9-19-14-5-3-2-4-12(13)14/h2-5,9-11H,6-8H2,1H3. The van der Waals surface area contributed by atoms with Gasteiger partial charge in [0.15, 0.2) is 0 Å². The van der Waals surface area contributed by atoms with Gasteiger partial charge in [-0.05, 0) is 13.0 Å². The number of nitrogens with zero attached hydrogens (tertiary/aromatic N) is 1. The number of furan rings is 1. The quantitative estimate of drug-likeness (QED) is 0.800. The molecule has 0 radical (unpaired) electrons. The molecular weight excluding hydrogens is 278 g/mol. The number of halogens is 1. The van der Waals surface area contributed by atoms with Crippen LogP contribution in [-0.4, -0.2) is 42.0 Å². The first-order chi connectivity index (χ1) is 9.69. The fraction of sp³-hybridized carbons (Fsp3) is 0.400. The molecule has 1 aliphatic heterocycles. The molecule has 1 aromatic carbocycles. The molecule has 1 saturated heterocycles. The molecule has 0 spiro atoms. The van der Waals surface area contributed by atoms with E-state index in [0.717, 1.165) is 11.0 Å². The molecule has 1 aromatic heterocycles. The van der Waals surface area contributed by atoms with Gasteiger partial charge in [-0.3, -0.25) is 4.79 Å². The van der Waals surface area contributed by atoms with E-state index in [1.54, 1.807) is 4.90 Å². The van der Waals surface area contributed by atoms with Crippen LogP contribution in [0, 0.1) is 0 Å². The van der Waals surface area contributed by atoms with E-state index in [-0.39, 0.29) is 18.1 Å². The Morgan fingerprint density at radius 3 is 3.00 bits per heavy atom. The monoisotopic (exact) mass is 293 g/mol. The number of carbonyl (C=O) groups excluding carboxylic acids is 1. The van der Waals surface area contributed by atoms with Crippen molar-refractivity contribution in [1.29, 1.82) is 0 Å². The fourth-order valence-corrected chi connectivity index (χ4v) is 2.78. The van der Waals surface area contributed by atoms with E-state index < -0.39 is 0 Å². The molecule has 2 atom stereocenters. The van der Waals surface area contributed by atoms with Gasteiger partial charge in [0.2, 0.25) is 0 Å². The van der Waals surface area contributed by atoms with Crippen molar-refractivity contribution in [2.75, 3.05) is 19.0 Å². The second-order valence-corrected chi connectivity index (χ2v) is 5.39. The molecule has 106 valence electrons. The molecule has 20 heavy (non-hydrogen) atoms. The van der Waals surface area contributed by atoms with Crippen molar-refractivity contribution in [3.8, 4) is 0 Å². The van der Waals surface area contributed by atoms with Gasteiger partial charge < -0.3 is 14.1 Å². The van der Waals surface area contributed by atoms with Crippen LogP contribution in [0.25, 0.3) is 11.0 Å². The Bertz CT molecular complexity index is 624. The normalized spacial score (nSPS) is 23.2. The smallest absolute Gasteiger partial charge is 0.257 e. The number of benzene rings is 1. The van der Waals surface area contributed by atoms with Crippen molar-refractivity contribution in [3.05, 3.63) is 36.1 Å². The molecule has 0 aliphatic carbocycles. The van der Waals surface area contributed by atoms with Gasteiger partial charge in [-0.25, -0.2) is 0 Å². The number of amides is 1. The summed E-state index contributed by atoms with van der Waals surface area (Å²) in [6, 6.07) is 7.54. The minimum atomic E-state index is -0.109.